The molecule has 45 heavy (non-hydrogen) atoms. The summed E-state index contributed by atoms with van der Waals surface area (Å²) in [5.74, 6) is -3.60. The van der Waals surface area contributed by atoms with Crippen molar-refractivity contribution in [2.45, 2.75) is 39.4 Å². The molecule has 12 nitrogen and oxygen atoms in total. The van der Waals surface area contributed by atoms with Gasteiger partial charge in [0.15, 0.2) is 11.6 Å². The van der Waals surface area contributed by atoms with Crippen LogP contribution in [-0.2, 0) is 24.3 Å². The maximum absolute atomic E-state index is 14.9. The number of nitrogens with zero attached hydrogens (tertiary/aromatic N) is 6. The highest BCUT2D eigenvalue weighted by molar-refractivity contribution is 6.33. The number of carbonyl (C=O) groups excluding carboxylic acids is 2. The molecule has 2 unspecified atom stereocenters. The van der Waals surface area contributed by atoms with Crippen LogP contribution < -0.4 is 21.5 Å². The maximum Gasteiger partial charge on any atom is 0.263 e. The highest BCUT2D eigenvalue weighted by atomic mass is 35.5. The molecule has 4 aromatic rings. The number of benzene rings is 1. The van der Waals surface area contributed by atoms with Crippen LogP contribution in [0.25, 0.3) is 22.2 Å². The summed E-state index contributed by atoms with van der Waals surface area (Å²) in [4.78, 5) is 51.9. The van der Waals surface area contributed by atoms with Gasteiger partial charge in [-0.3, -0.25) is 19.0 Å². The number of aromatic nitrogens is 4. The molecule has 2 aliphatic rings. The summed E-state index contributed by atoms with van der Waals surface area (Å²) in [7, 11) is 2.00. The van der Waals surface area contributed by atoms with Gasteiger partial charge in [0.05, 0.1) is 16.6 Å². The Morgan fingerprint density at radius 2 is 1.91 bits per heavy atom. The molecule has 0 spiro atoms. The van der Waals surface area contributed by atoms with E-state index in [1.165, 1.54) is 27.5 Å². The van der Waals surface area contributed by atoms with E-state index in [2.05, 4.69) is 15.2 Å². The van der Waals surface area contributed by atoms with E-state index in [1.807, 2.05) is 25.8 Å². The Morgan fingerprint density at radius 3 is 2.62 bits per heavy atom. The fourth-order valence-corrected chi connectivity index (χ4v) is 6.32. The van der Waals surface area contributed by atoms with Gasteiger partial charge in [0.2, 0.25) is 11.9 Å². The summed E-state index contributed by atoms with van der Waals surface area (Å²) >= 11 is 6.22. The zero-order valence-electron chi connectivity index (χ0n) is 24.8. The number of hydrogen-bond donors (Lipinski definition) is 3. The van der Waals surface area contributed by atoms with Crippen molar-refractivity contribution in [2.24, 2.45) is 11.7 Å². The quantitative estimate of drug-likeness (QED) is 0.272. The molecule has 0 radical (unpaired) electrons. The minimum Gasteiger partial charge on any atom is -0.504 e. The first kappa shape index (κ1) is 30.5. The SMILES string of the molecule is CC1Cc2nc3c(c(-c4cc(F)c(O)c(C(N)=O)c4)cn3CC(=O)Nc3cc(N4CCN(C)CC4C)nc(F)c3Cl)c(=O)n2C1. The topological polar surface area (TPSA) is 152 Å². The van der Waals surface area contributed by atoms with Crippen LogP contribution in [0.3, 0.4) is 0 Å². The lowest BCUT2D eigenvalue weighted by atomic mass is 10.0. The lowest BCUT2D eigenvalue weighted by Crippen LogP contribution is -2.50. The number of rotatable bonds is 6. The number of amides is 2. The van der Waals surface area contributed by atoms with E-state index in [0.29, 0.717) is 31.2 Å². The van der Waals surface area contributed by atoms with Crippen LogP contribution >= 0.6 is 11.6 Å². The molecule has 236 valence electrons. The van der Waals surface area contributed by atoms with Gasteiger partial charge in [-0.25, -0.2) is 14.4 Å². The van der Waals surface area contributed by atoms with Crippen molar-refractivity contribution < 1.29 is 23.5 Å². The summed E-state index contributed by atoms with van der Waals surface area (Å²) in [6, 6.07) is 3.72. The molecule has 0 saturated carbocycles. The third kappa shape index (κ3) is 5.48. The predicted molar refractivity (Wildman–Crippen MR) is 165 cm³/mol. The van der Waals surface area contributed by atoms with Gasteiger partial charge in [-0.2, -0.15) is 4.39 Å². The van der Waals surface area contributed by atoms with Crippen LogP contribution in [-0.4, -0.2) is 73.6 Å². The third-order valence-electron chi connectivity index (χ3n) is 8.34. The average molecular weight is 641 g/mol. The molecule has 2 amide bonds. The van der Waals surface area contributed by atoms with Crippen LogP contribution in [0.5, 0.6) is 5.75 Å². The number of likely N-dealkylation sites (N-methyl/N-ethyl adjacent to an activating group) is 1. The van der Waals surface area contributed by atoms with Gasteiger partial charge < -0.3 is 30.5 Å². The van der Waals surface area contributed by atoms with Crippen molar-refractivity contribution >= 4 is 46.0 Å². The van der Waals surface area contributed by atoms with Gasteiger partial charge in [0, 0.05) is 56.5 Å². The second-order valence-electron chi connectivity index (χ2n) is 11.8. The summed E-state index contributed by atoms with van der Waals surface area (Å²) in [6.07, 6.45) is 1.98. The number of pyridine rings is 1. The molecule has 2 atom stereocenters. The average Bonchev–Trinajstić information content (AvgIpc) is 3.52. The molecule has 15 heteroatoms. The number of phenols is 1. The molecule has 1 fully saturated rings. The fraction of sp³-hybridized carbons (Fsp3) is 0.367. The van der Waals surface area contributed by atoms with Gasteiger partial charge in [-0.15, -0.1) is 0 Å². The van der Waals surface area contributed by atoms with Crippen LogP contribution in [0.2, 0.25) is 5.02 Å². The maximum atomic E-state index is 14.9. The number of piperazine rings is 1. The van der Waals surface area contributed by atoms with Gasteiger partial charge in [-0.1, -0.05) is 18.5 Å². The van der Waals surface area contributed by atoms with Crippen LogP contribution in [0.4, 0.5) is 20.3 Å². The molecular formula is C30H31ClF2N8O4. The molecule has 1 aromatic carbocycles. The Kier molecular flexibility index (Phi) is 7.73. The fourth-order valence-electron chi connectivity index (χ4n) is 6.17. The number of nitrogens with one attached hydrogen (secondary N) is 1. The minimum absolute atomic E-state index is 0.0291. The number of anilines is 2. The molecule has 5 heterocycles. The number of carbonyl (C=O) groups is 2. The number of aromatic hydroxyl groups is 1. The van der Waals surface area contributed by atoms with Crippen LogP contribution in [0.15, 0.2) is 29.2 Å². The number of nitrogens with two attached hydrogens (primary N) is 1. The molecule has 0 aliphatic carbocycles. The molecule has 3 aromatic heterocycles. The molecule has 2 aliphatic heterocycles. The zero-order valence-corrected chi connectivity index (χ0v) is 25.5. The van der Waals surface area contributed by atoms with E-state index in [1.54, 1.807) is 0 Å². The number of primary amides is 1. The summed E-state index contributed by atoms with van der Waals surface area (Å²) in [5, 5.41) is 12.4. The molecule has 4 N–H and O–H groups in total. The van der Waals surface area contributed by atoms with E-state index in [4.69, 9.17) is 22.3 Å². The first-order chi connectivity index (χ1) is 21.3. The normalized spacial score (nSPS) is 18.4. The molecule has 1 saturated heterocycles. The zero-order chi connectivity index (χ0) is 32.3. The van der Waals surface area contributed by atoms with E-state index in [9.17, 15) is 28.3 Å². The van der Waals surface area contributed by atoms with Gasteiger partial charge >= 0.3 is 0 Å². The van der Waals surface area contributed by atoms with Crippen molar-refractivity contribution in [3.05, 3.63) is 62.9 Å². The van der Waals surface area contributed by atoms with Crippen molar-refractivity contribution in [1.82, 2.24) is 24.0 Å². The Labute approximate surface area is 261 Å². The Hall–Kier alpha value is -4.56. The van der Waals surface area contributed by atoms with Crippen molar-refractivity contribution in [2.75, 3.05) is 36.9 Å². The smallest absolute Gasteiger partial charge is 0.263 e. The summed E-state index contributed by atoms with van der Waals surface area (Å²) in [5.41, 5.74) is 4.95. The third-order valence-corrected chi connectivity index (χ3v) is 8.70. The summed E-state index contributed by atoms with van der Waals surface area (Å²) < 4.78 is 32.5. The Bertz CT molecular complexity index is 1940. The lowest BCUT2D eigenvalue weighted by Gasteiger charge is -2.39. The highest BCUT2D eigenvalue weighted by Crippen LogP contribution is 2.34. The van der Waals surface area contributed by atoms with E-state index in [-0.39, 0.29) is 51.4 Å². The van der Waals surface area contributed by atoms with E-state index in [0.717, 1.165) is 19.2 Å². The standard InChI is InChI=1S/C30H31ClF2N8O4/c1-14-6-21-37-29-24(30(45)41(21)10-14)18(16-7-17(28(34)44)26(43)19(32)8-16)12-39(29)13-23(42)35-20-9-22(36-27(33)25(20)31)40-5-4-38(3)11-15(40)2/h7-9,12,14-15,43H,4-6,10-11,13H2,1-3H3,(H2,34,44)(H,35,36,42). The second kappa shape index (κ2) is 11.4. The van der Waals surface area contributed by atoms with Gasteiger partial charge in [0.1, 0.15) is 28.9 Å². The molecule has 0 bridgehead atoms. The first-order valence-corrected chi connectivity index (χ1v) is 14.8. The monoisotopic (exact) mass is 640 g/mol. The number of halogens is 3. The number of fused-ring (bicyclic) bond motifs is 2. The van der Waals surface area contributed by atoms with Gasteiger partial charge in [0.25, 0.3) is 11.5 Å². The lowest BCUT2D eigenvalue weighted by molar-refractivity contribution is -0.116. The van der Waals surface area contributed by atoms with Crippen LogP contribution in [0.1, 0.15) is 30.0 Å². The van der Waals surface area contributed by atoms with Crippen molar-refractivity contribution in [3.8, 4) is 16.9 Å². The highest BCUT2D eigenvalue weighted by Gasteiger charge is 2.28. The predicted octanol–water partition coefficient (Wildman–Crippen LogP) is 2.97. The van der Waals surface area contributed by atoms with E-state index >= 15 is 0 Å². The molecule has 6 rings (SSSR count). The molecular weight excluding hydrogens is 610 g/mol. The van der Waals surface area contributed by atoms with Gasteiger partial charge in [-0.05, 0) is 37.6 Å². The Morgan fingerprint density at radius 1 is 1.16 bits per heavy atom. The first-order valence-electron chi connectivity index (χ1n) is 14.4. The number of hydrogen-bond acceptors (Lipinski definition) is 8. The van der Waals surface area contributed by atoms with E-state index < -0.39 is 40.5 Å². The Balaban J connectivity index is 1.40. The minimum atomic E-state index is -1.11. The van der Waals surface area contributed by atoms with Crippen molar-refractivity contribution in [3.63, 3.8) is 0 Å². The van der Waals surface area contributed by atoms with Crippen molar-refractivity contribution in [1.29, 1.82) is 0 Å². The largest absolute Gasteiger partial charge is 0.504 e. The summed E-state index contributed by atoms with van der Waals surface area (Å²) in [6.45, 7) is 6.14. The second-order valence-corrected chi connectivity index (χ2v) is 12.2. The van der Waals surface area contributed by atoms with Crippen LogP contribution in [0, 0.1) is 17.7 Å².